The minimum absolute atomic E-state index is 0.176. The molecule has 0 spiro atoms. The molecule has 0 saturated heterocycles. The van der Waals surface area contributed by atoms with E-state index in [0.717, 1.165) is 11.8 Å². The maximum atomic E-state index is 9.60. The average Bonchev–Trinajstić information content (AvgIpc) is 2.94. The Morgan fingerprint density at radius 3 is 1.26 bits per heavy atom. The maximum absolute atomic E-state index is 9.60. The van der Waals surface area contributed by atoms with Gasteiger partial charge in [0.25, 0.3) is 0 Å². The van der Waals surface area contributed by atoms with Crippen molar-refractivity contribution in [2.24, 2.45) is 11.8 Å². The lowest BCUT2D eigenvalue weighted by Gasteiger charge is -1.96. The normalized spacial score (nSPS) is 21.6. The molecular formula is C15H22O4. The summed E-state index contributed by atoms with van der Waals surface area (Å²) in [5.41, 5.74) is 0.352. The number of carboxylic acid groups (broad SMARTS) is 2. The van der Waals surface area contributed by atoms with Gasteiger partial charge in [-0.25, -0.2) is 9.59 Å². The highest BCUT2D eigenvalue weighted by atomic mass is 16.4. The van der Waals surface area contributed by atoms with Crippen LogP contribution >= 0.6 is 0 Å². The first-order valence-corrected chi connectivity index (χ1v) is 6.20. The van der Waals surface area contributed by atoms with Crippen LogP contribution in [-0.4, -0.2) is 22.2 Å². The van der Waals surface area contributed by atoms with Gasteiger partial charge in [-0.05, 0) is 44.9 Å². The van der Waals surface area contributed by atoms with Gasteiger partial charge in [-0.3, -0.25) is 0 Å². The number of carbonyl (C=O) groups is 2. The monoisotopic (exact) mass is 266 g/mol. The fourth-order valence-corrected chi connectivity index (χ4v) is 1.72. The summed E-state index contributed by atoms with van der Waals surface area (Å²) in [6.07, 6.45) is 9.19. The number of rotatable bonds is 2. The van der Waals surface area contributed by atoms with E-state index in [-0.39, 0.29) is 11.1 Å². The molecule has 0 amide bonds. The number of hydrogen-bond acceptors (Lipinski definition) is 2. The number of fused-ring (bicyclic) bond motifs is 2. The molecule has 106 valence electrons. The Morgan fingerprint density at radius 1 is 0.947 bits per heavy atom. The van der Waals surface area contributed by atoms with Crippen molar-refractivity contribution in [1.29, 1.82) is 0 Å². The summed E-state index contributed by atoms with van der Waals surface area (Å²) in [7, 11) is 0. The van der Waals surface area contributed by atoms with Gasteiger partial charge in [0, 0.05) is 11.1 Å². The van der Waals surface area contributed by atoms with E-state index in [1.807, 2.05) is 0 Å². The van der Waals surface area contributed by atoms with Gasteiger partial charge in [-0.15, -0.1) is 0 Å². The Kier molecular flexibility index (Phi) is 7.49. The molecule has 0 aromatic carbocycles. The van der Waals surface area contributed by atoms with Crippen molar-refractivity contribution in [3.05, 3.63) is 36.5 Å². The van der Waals surface area contributed by atoms with Crippen LogP contribution in [0.1, 0.15) is 33.1 Å². The van der Waals surface area contributed by atoms with Crippen LogP contribution in [0.25, 0.3) is 0 Å². The summed E-state index contributed by atoms with van der Waals surface area (Å²) in [4.78, 5) is 19.2. The van der Waals surface area contributed by atoms with E-state index in [2.05, 4.69) is 25.3 Å². The van der Waals surface area contributed by atoms with Crippen LogP contribution in [0.3, 0.4) is 0 Å². The average molecular weight is 266 g/mol. The largest absolute Gasteiger partial charge is 0.478 e. The van der Waals surface area contributed by atoms with Crippen LogP contribution in [0.2, 0.25) is 0 Å². The topological polar surface area (TPSA) is 74.6 Å². The molecule has 2 rings (SSSR count). The lowest BCUT2D eigenvalue weighted by atomic mass is 10.1. The molecule has 2 atom stereocenters. The summed E-state index contributed by atoms with van der Waals surface area (Å²) in [5, 5.41) is 15.8. The Labute approximate surface area is 114 Å². The predicted octanol–water partition coefficient (Wildman–Crippen LogP) is 3.27. The van der Waals surface area contributed by atoms with Gasteiger partial charge < -0.3 is 10.2 Å². The van der Waals surface area contributed by atoms with E-state index in [1.165, 1.54) is 33.1 Å². The lowest BCUT2D eigenvalue weighted by molar-refractivity contribution is -0.133. The molecule has 1 fully saturated rings. The van der Waals surface area contributed by atoms with Crippen molar-refractivity contribution >= 4 is 11.9 Å². The highest BCUT2D eigenvalue weighted by Gasteiger charge is 2.25. The molecule has 19 heavy (non-hydrogen) atoms. The highest BCUT2D eigenvalue weighted by molar-refractivity contribution is 5.85. The molecule has 2 aliphatic carbocycles. The Bertz CT molecular complexity index is 333. The third-order valence-electron chi connectivity index (χ3n) is 2.90. The van der Waals surface area contributed by atoms with Gasteiger partial charge in [0.05, 0.1) is 0 Å². The predicted molar refractivity (Wildman–Crippen MR) is 74.9 cm³/mol. The summed E-state index contributed by atoms with van der Waals surface area (Å²) in [5.74, 6) is 0.111. The third kappa shape index (κ3) is 7.97. The number of allylic oxidation sites excluding steroid dienone is 2. The fraction of sp³-hybridized carbons (Fsp3) is 0.467. The fourth-order valence-electron chi connectivity index (χ4n) is 1.72. The zero-order valence-corrected chi connectivity index (χ0v) is 11.6. The summed E-state index contributed by atoms with van der Waals surface area (Å²) in [6.45, 7) is 9.20. The number of carboxylic acids is 2. The first-order valence-electron chi connectivity index (χ1n) is 6.20. The van der Waals surface area contributed by atoms with Gasteiger partial charge in [0.1, 0.15) is 0 Å². The first kappa shape index (κ1) is 17.2. The van der Waals surface area contributed by atoms with Gasteiger partial charge >= 0.3 is 11.9 Å². The molecule has 0 aromatic rings. The van der Waals surface area contributed by atoms with Crippen LogP contribution in [0, 0.1) is 11.8 Å². The van der Waals surface area contributed by atoms with E-state index in [0.29, 0.717) is 0 Å². The first-order chi connectivity index (χ1) is 8.73. The van der Waals surface area contributed by atoms with Gasteiger partial charge in [-0.1, -0.05) is 25.3 Å². The van der Waals surface area contributed by atoms with Gasteiger partial charge in [-0.2, -0.15) is 0 Å². The Hall–Kier alpha value is -1.84. The Morgan fingerprint density at radius 2 is 1.21 bits per heavy atom. The maximum Gasteiger partial charge on any atom is 0.330 e. The molecule has 0 aliphatic heterocycles. The number of hydrogen-bond donors (Lipinski definition) is 2. The zero-order chi connectivity index (χ0) is 15.0. The molecule has 0 aromatic heterocycles. The van der Waals surface area contributed by atoms with Crippen LogP contribution in [0.15, 0.2) is 36.5 Å². The number of aliphatic carboxylic acids is 2. The van der Waals surface area contributed by atoms with Crippen molar-refractivity contribution in [2.45, 2.75) is 33.1 Å². The molecule has 1 saturated carbocycles. The van der Waals surface area contributed by atoms with Crippen LogP contribution in [0.5, 0.6) is 0 Å². The summed E-state index contributed by atoms with van der Waals surface area (Å²) in [6, 6.07) is 0. The van der Waals surface area contributed by atoms with E-state index in [9.17, 15) is 9.59 Å². The molecule has 4 heteroatoms. The van der Waals surface area contributed by atoms with Crippen LogP contribution in [0.4, 0.5) is 0 Å². The second kappa shape index (κ2) is 8.29. The van der Waals surface area contributed by atoms with E-state index < -0.39 is 11.9 Å². The molecule has 2 bridgehead atoms. The van der Waals surface area contributed by atoms with Crippen molar-refractivity contribution in [3.63, 3.8) is 0 Å². The zero-order valence-electron chi connectivity index (χ0n) is 11.6. The summed E-state index contributed by atoms with van der Waals surface area (Å²) >= 11 is 0. The summed E-state index contributed by atoms with van der Waals surface area (Å²) < 4.78 is 0. The van der Waals surface area contributed by atoms with E-state index in [4.69, 9.17) is 10.2 Å². The SMILES string of the molecule is C1=CC2CCC1C2.C=C(C)C(=O)O.C=C(C)C(=O)O. The molecule has 2 unspecified atom stereocenters. The molecule has 4 nitrogen and oxygen atoms in total. The second-order valence-corrected chi connectivity index (χ2v) is 4.89. The Balaban J connectivity index is 0.000000258. The van der Waals surface area contributed by atoms with Crippen LogP contribution < -0.4 is 0 Å². The lowest BCUT2D eigenvalue weighted by Crippen LogP contribution is -1.92. The molecule has 2 aliphatic rings. The van der Waals surface area contributed by atoms with Gasteiger partial charge in [0.2, 0.25) is 0 Å². The third-order valence-corrected chi connectivity index (χ3v) is 2.90. The highest BCUT2D eigenvalue weighted by Crippen LogP contribution is 2.38. The van der Waals surface area contributed by atoms with E-state index >= 15 is 0 Å². The van der Waals surface area contributed by atoms with Crippen LogP contribution in [-0.2, 0) is 9.59 Å². The van der Waals surface area contributed by atoms with Crippen molar-refractivity contribution < 1.29 is 19.8 Å². The van der Waals surface area contributed by atoms with Gasteiger partial charge in [0.15, 0.2) is 0 Å². The molecule has 0 heterocycles. The molecular weight excluding hydrogens is 244 g/mol. The molecule has 2 N–H and O–H groups in total. The minimum atomic E-state index is -0.935. The van der Waals surface area contributed by atoms with E-state index in [1.54, 1.807) is 0 Å². The quantitative estimate of drug-likeness (QED) is 0.594. The van der Waals surface area contributed by atoms with Crippen molar-refractivity contribution in [3.8, 4) is 0 Å². The smallest absolute Gasteiger partial charge is 0.330 e. The van der Waals surface area contributed by atoms with Crippen molar-refractivity contribution in [2.75, 3.05) is 0 Å². The standard InChI is InChI=1S/C7H10.2C4H6O2/c1-2-7-4-3-6(1)5-7;2*1-3(2)4(5)6/h1-2,6-7H,3-5H2;2*1H2,2H3,(H,5,6). The van der Waals surface area contributed by atoms with Crippen molar-refractivity contribution in [1.82, 2.24) is 0 Å². The minimum Gasteiger partial charge on any atom is -0.478 e. The second-order valence-electron chi connectivity index (χ2n) is 4.89. The molecule has 0 radical (unpaired) electrons.